The van der Waals surface area contributed by atoms with Gasteiger partial charge in [-0.25, -0.2) is 13.6 Å². The van der Waals surface area contributed by atoms with Crippen LogP contribution in [0.15, 0.2) is 29.2 Å². The van der Waals surface area contributed by atoms with Crippen molar-refractivity contribution in [3.8, 4) is 0 Å². The van der Waals surface area contributed by atoms with E-state index in [-0.39, 0.29) is 16.7 Å². The first-order chi connectivity index (χ1) is 8.38. The molecule has 1 atom stereocenters. The van der Waals surface area contributed by atoms with Gasteiger partial charge in [0, 0.05) is 18.8 Å². The maximum absolute atomic E-state index is 11.1. The van der Waals surface area contributed by atoms with Crippen molar-refractivity contribution in [2.24, 2.45) is 16.8 Å². The molecule has 1 amide bonds. The fourth-order valence-corrected chi connectivity index (χ4v) is 2.59. The van der Waals surface area contributed by atoms with Gasteiger partial charge in [-0.1, -0.05) is 0 Å². The van der Waals surface area contributed by atoms with Gasteiger partial charge in [-0.05, 0) is 30.7 Å². The first-order valence-corrected chi connectivity index (χ1v) is 7.09. The van der Waals surface area contributed by atoms with E-state index < -0.39 is 10.0 Å². The second-order valence-corrected chi connectivity index (χ2v) is 5.93. The van der Waals surface area contributed by atoms with Gasteiger partial charge in [0.2, 0.25) is 15.9 Å². The lowest BCUT2D eigenvalue weighted by Crippen LogP contribution is -2.27. The number of anilines is 1. The van der Waals surface area contributed by atoms with Gasteiger partial charge >= 0.3 is 0 Å². The summed E-state index contributed by atoms with van der Waals surface area (Å²) in [6.07, 6.45) is 0.728. The molecule has 1 aliphatic rings. The number of benzene rings is 1. The highest BCUT2D eigenvalue weighted by atomic mass is 32.2. The minimum absolute atomic E-state index is 0.0805. The normalized spacial score (nSPS) is 20.1. The van der Waals surface area contributed by atoms with Crippen molar-refractivity contribution in [2.45, 2.75) is 11.3 Å². The summed E-state index contributed by atoms with van der Waals surface area (Å²) in [7, 11) is -3.66. The molecule has 0 aliphatic carbocycles. The predicted octanol–water partition coefficient (Wildman–Crippen LogP) is -0.354. The van der Waals surface area contributed by atoms with Crippen LogP contribution < -0.4 is 15.8 Å². The monoisotopic (exact) mass is 269 g/mol. The SMILES string of the molecule is NC(=O)C1CCN(c2ccc(S(N)(=O)=O)cc2)C1. The molecule has 1 fully saturated rings. The molecule has 0 spiro atoms. The summed E-state index contributed by atoms with van der Waals surface area (Å²) in [5.41, 5.74) is 6.12. The zero-order chi connectivity index (χ0) is 13.3. The van der Waals surface area contributed by atoms with Crippen LogP contribution in [-0.2, 0) is 14.8 Å². The highest BCUT2D eigenvalue weighted by Gasteiger charge is 2.26. The van der Waals surface area contributed by atoms with Crippen molar-refractivity contribution >= 4 is 21.6 Å². The number of hydrogen-bond acceptors (Lipinski definition) is 4. The van der Waals surface area contributed by atoms with Crippen LogP contribution in [0.4, 0.5) is 5.69 Å². The Bertz CT molecular complexity index is 553. The number of carbonyl (C=O) groups is 1. The van der Waals surface area contributed by atoms with Crippen molar-refractivity contribution in [2.75, 3.05) is 18.0 Å². The number of amides is 1. The summed E-state index contributed by atoms with van der Waals surface area (Å²) in [5, 5.41) is 5.02. The van der Waals surface area contributed by atoms with Crippen LogP contribution in [0.25, 0.3) is 0 Å². The van der Waals surface area contributed by atoms with E-state index in [1.807, 2.05) is 4.90 Å². The average molecular weight is 269 g/mol. The van der Waals surface area contributed by atoms with Crippen LogP contribution in [0.3, 0.4) is 0 Å². The predicted molar refractivity (Wildman–Crippen MR) is 67.3 cm³/mol. The number of primary amides is 1. The molecule has 6 nitrogen and oxygen atoms in total. The maximum Gasteiger partial charge on any atom is 0.238 e. The summed E-state index contributed by atoms with van der Waals surface area (Å²) >= 11 is 0. The summed E-state index contributed by atoms with van der Waals surface area (Å²) in [4.78, 5) is 13.1. The molecule has 2 rings (SSSR count). The van der Waals surface area contributed by atoms with Crippen LogP contribution in [0.1, 0.15) is 6.42 Å². The molecular formula is C11H15N3O3S. The molecule has 1 aromatic carbocycles. The fraction of sp³-hybridized carbons (Fsp3) is 0.364. The molecule has 1 aromatic rings. The third-order valence-corrected chi connectivity index (χ3v) is 4.05. The fourth-order valence-electron chi connectivity index (χ4n) is 2.07. The lowest BCUT2D eigenvalue weighted by Gasteiger charge is -2.18. The Balaban J connectivity index is 2.14. The van der Waals surface area contributed by atoms with Crippen molar-refractivity contribution in [1.82, 2.24) is 0 Å². The molecule has 1 heterocycles. The zero-order valence-corrected chi connectivity index (χ0v) is 10.6. The third-order valence-electron chi connectivity index (χ3n) is 3.12. The third kappa shape index (κ3) is 2.62. The topological polar surface area (TPSA) is 106 Å². The Hall–Kier alpha value is -1.60. The Morgan fingerprint density at radius 3 is 2.33 bits per heavy atom. The summed E-state index contributed by atoms with van der Waals surface area (Å²) < 4.78 is 22.2. The molecule has 1 aliphatic heterocycles. The minimum Gasteiger partial charge on any atom is -0.371 e. The van der Waals surface area contributed by atoms with Gasteiger partial charge in [0.05, 0.1) is 10.8 Å². The lowest BCUT2D eigenvalue weighted by atomic mass is 10.1. The summed E-state index contributed by atoms with van der Waals surface area (Å²) in [6, 6.07) is 6.29. The number of rotatable bonds is 3. The number of sulfonamides is 1. The number of carbonyl (C=O) groups excluding carboxylic acids is 1. The van der Waals surface area contributed by atoms with Crippen LogP contribution in [0, 0.1) is 5.92 Å². The Morgan fingerprint density at radius 1 is 1.28 bits per heavy atom. The molecule has 0 bridgehead atoms. The number of hydrogen-bond donors (Lipinski definition) is 2. The van der Waals surface area contributed by atoms with E-state index in [1.165, 1.54) is 12.1 Å². The van der Waals surface area contributed by atoms with E-state index in [0.717, 1.165) is 18.7 Å². The Morgan fingerprint density at radius 2 is 1.89 bits per heavy atom. The van der Waals surface area contributed by atoms with E-state index in [9.17, 15) is 13.2 Å². The highest BCUT2D eigenvalue weighted by Crippen LogP contribution is 2.24. The Labute approximate surface area is 106 Å². The quantitative estimate of drug-likeness (QED) is 0.781. The lowest BCUT2D eigenvalue weighted by molar-refractivity contribution is -0.121. The second kappa shape index (κ2) is 4.58. The van der Waals surface area contributed by atoms with Gasteiger partial charge in [0.1, 0.15) is 0 Å². The number of nitrogens with two attached hydrogens (primary N) is 2. The molecule has 1 unspecified atom stereocenters. The molecule has 0 saturated carbocycles. The number of primary sulfonamides is 1. The van der Waals surface area contributed by atoms with E-state index >= 15 is 0 Å². The minimum atomic E-state index is -3.66. The van der Waals surface area contributed by atoms with Crippen molar-refractivity contribution < 1.29 is 13.2 Å². The maximum atomic E-state index is 11.1. The van der Waals surface area contributed by atoms with Gasteiger partial charge in [-0.3, -0.25) is 4.79 Å². The summed E-state index contributed by atoms with van der Waals surface area (Å²) in [5.74, 6) is -0.429. The molecule has 1 saturated heterocycles. The molecule has 98 valence electrons. The van der Waals surface area contributed by atoms with Crippen LogP contribution in [0.2, 0.25) is 0 Å². The standard InChI is InChI=1S/C11H15N3O3S/c12-11(15)8-5-6-14(7-8)9-1-3-10(4-2-9)18(13,16)17/h1-4,8H,5-7H2,(H2,12,15)(H2,13,16,17). The summed E-state index contributed by atoms with van der Waals surface area (Å²) in [6.45, 7) is 1.31. The smallest absolute Gasteiger partial charge is 0.238 e. The van der Waals surface area contributed by atoms with Crippen molar-refractivity contribution in [3.05, 3.63) is 24.3 Å². The van der Waals surface area contributed by atoms with E-state index in [1.54, 1.807) is 12.1 Å². The van der Waals surface area contributed by atoms with Crippen molar-refractivity contribution in [1.29, 1.82) is 0 Å². The van der Waals surface area contributed by atoms with E-state index in [2.05, 4.69) is 0 Å². The van der Waals surface area contributed by atoms with Crippen LogP contribution in [0.5, 0.6) is 0 Å². The first-order valence-electron chi connectivity index (χ1n) is 5.55. The largest absolute Gasteiger partial charge is 0.371 e. The van der Waals surface area contributed by atoms with E-state index in [4.69, 9.17) is 10.9 Å². The second-order valence-electron chi connectivity index (χ2n) is 4.37. The first kappa shape index (κ1) is 12.8. The van der Waals surface area contributed by atoms with E-state index in [0.29, 0.717) is 6.54 Å². The highest BCUT2D eigenvalue weighted by molar-refractivity contribution is 7.89. The van der Waals surface area contributed by atoms with Crippen LogP contribution in [-0.4, -0.2) is 27.4 Å². The molecular weight excluding hydrogens is 254 g/mol. The van der Waals surface area contributed by atoms with Crippen molar-refractivity contribution in [3.63, 3.8) is 0 Å². The van der Waals surface area contributed by atoms with Gasteiger partial charge in [-0.2, -0.15) is 0 Å². The van der Waals surface area contributed by atoms with Gasteiger partial charge in [0.15, 0.2) is 0 Å². The molecule has 4 N–H and O–H groups in total. The van der Waals surface area contributed by atoms with Gasteiger partial charge < -0.3 is 10.6 Å². The zero-order valence-electron chi connectivity index (χ0n) is 9.74. The molecule has 0 aromatic heterocycles. The Kier molecular flexibility index (Phi) is 3.27. The molecule has 0 radical (unpaired) electrons. The van der Waals surface area contributed by atoms with Gasteiger partial charge in [-0.15, -0.1) is 0 Å². The van der Waals surface area contributed by atoms with Crippen LogP contribution >= 0.6 is 0 Å². The molecule has 7 heteroatoms. The molecule has 18 heavy (non-hydrogen) atoms. The number of nitrogens with zero attached hydrogens (tertiary/aromatic N) is 1. The van der Waals surface area contributed by atoms with Gasteiger partial charge in [0.25, 0.3) is 0 Å². The average Bonchev–Trinajstić information content (AvgIpc) is 2.77.